The zero-order valence-corrected chi connectivity index (χ0v) is 36.7. The molecule has 0 unspecified atom stereocenters. The summed E-state index contributed by atoms with van der Waals surface area (Å²) in [6.07, 6.45) is -3.20. The lowest BCUT2D eigenvalue weighted by atomic mass is 10.1. The molecule has 14 nitrogen and oxygen atoms in total. The summed E-state index contributed by atoms with van der Waals surface area (Å²) in [5.74, 6) is -4.45. The molecular formula is C41H46BrF4N5O9. The zero-order chi connectivity index (χ0) is 45.2. The van der Waals surface area contributed by atoms with Crippen molar-refractivity contribution in [2.45, 2.75) is 106 Å². The number of pyridine rings is 1. The van der Waals surface area contributed by atoms with Crippen LogP contribution in [0, 0.1) is 6.92 Å². The van der Waals surface area contributed by atoms with Gasteiger partial charge in [-0.1, -0.05) is 0 Å². The molecule has 324 valence electrons. The van der Waals surface area contributed by atoms with E-state index in [0.717, 1.165) is 34.6 Å². The van der Waals surface area contributed by atoms with Gasteiger partial charge in [-0.05, 0) is 129 Å². The SMILES string of the molecule is C/C=C(F)\C(Oc1cc(C)c(-n2ncc(C(=O)c3cc4cc(OCC(F)F)c(Br)cc4n3C(=O)OC(C)(C)C)c2N(C(=O)OC(C)(C)C)C(=O)OC(C)(C)C)cn1)=C(/C)F. The number of nitrogens with zero attached hydrogens (tertiary/aromatic N) is 5. The van der Waals surface area contributed by atoms with Gasteiger partial charge in [0.25, 0.3) is 6.43 Å². The van der Waals surface area contributed by atoms with Crippen LogP contribution in [0.2, 0.25) is 0 Å². The first-order chi connectivity index (χ1) is 27.6. The number of halogens is 5. The molecule has 2 amide bonds. The standard InChI is InChI=1S/C41H46BrF4N5O9/c1-13-26(44)34(22(3)43)57-32-14-21(2)29(19-47-32)51-35(50(37(54)59-40(7,8)9)38(55)60-41(10,11)12)24(18-48-51)33(52)28-15-23-16-30(56-20-31(45)46)25(42)17-27(23)49(28)36(53)58-39(4,5)6/h13-19,31H,20H2,1-12H3/b26-13+,34-22-. The largest absolute Gasteiger partial charge is 0.486 e. The molecule has 0 aliphatic heterocycles. The Balaban J connectivity index is 2.07. The number of aryl methyl sites for hydroxylation is 1. The van der Waals surface area contributed by atoms with E-state index in [0.29, 0.717) is 4.90 Å². The summed E-state index contributed by atoms with van der Waals surface area (Å²) in [5, 5.41) is 4.57. The van der Waals surface area contributed by atoms with Gasteiger partial charge in [-0.3, -0.25) is 4.79 Å². The van der Waals surface area contributed by atoms with Crippen LogP contribution in [0.4, 0.5) is 37.8 Å². The Bertz CT molecular complexity index is 2350. The van der Waals surface area contributed by atoms with E-state index in [-0.39, 0.29) is 43.9 Å². The molecule has 0 N–H and O–H groups in total. The molecule has 3 aromatic heterocycles. The Morgan fingerprint density at radius 1 is 0.883 bits per heavy atom. The Kier molecular flexibility index (Phi) is 14.0. The van der Waals surface area contributed by atoms with E-state index in [1.165, 1.54) is 38.1 Å². The van der Waals surface area contributed by atoms with Crippen molar-refractivity contribution in [1.29, 1.82) is 0 Å². The third-order valence-corrected chi connectivity index (χ3v) is 8.28. The molecule has 4 rings (SSSR count). The van der Waals surface area contributed by atoms with Crippen LogP contribution in [0.15, 0.2) is 64.6 Å². The second-order valence-electron chi connectivity index (χ2n) is 16.2. The van der Waals surface area contributed by atoms with E-state index in [2.05, 4.69) is 26.0 Å². The number of fused-ring (bicyclic) bond motifs is 1. The van der Waals surface area contributed by atoms with Gasteiger partial charge < -0.3 is 23.7 Å². The first kappa shape index (κ1) is 47.0. The normalized spacial score (nSPS) is 12.9. The summed E-state index contributed by atoms with van der Waals surface area (Å²) in [5.41, 5.74) is -3.85. The quantitative estimate of drug-likeness (QED) is 0.0491. The summed E-state index contributed by atoms with van der Waals surface area (Å²) < 4.78 is 84.7. The summed E-state index contributed by atoms with van der Waals surface area (Å²) in [4.78, 5) is 61.9. The van der Waals surface area contributed by atoms with Crippen molar-refractivity contribution >= 4 is 56.7 Å². The summed E-state index contributed by atoms with van der Waals surface area (Å²) in [6, 6.07) is 5.28. The van der Waals surface area contributed by atoms with Crippen molar-refractivity contribution in [3.63, 3.8) is 0 Å². The number of hydrogen-bond donors (Lipinski definition) is 0. The lowest BCUT2D eigenvalue weighted by molar-refractivity contribution is 0.0425. The van der Waals surface area contributed by atoms with Crippen LogP contribution < -0.4 is 14.4 Å². The molecule has 0 fully saturated rings. The molecule has 0 saturated heterocycles. The second-order valence-corrected chi connectivity index (χ2v) is 17.1. The Morgan fingerprint density at radius 2 is 1.47 bits per heavy atom. The molecule has 0 radical (unpaired) electrons. The molecule has 0 bridgehead atoms. The van der Waals surface area contributed by atoms with Crippen LogP contribution in [0.3, 0.4) is 0 Å². The van der Waals surface area contributed by atoms with Crippen molar-refractivity contribution < 1.29 is 60.4 Å². The van der Waals surface area contributed by atoms with Gasteiger partial charge in [-0.2, -0.15) is 10.00 Å². The number of hydrogen-bond acceptors (Lipinski definition) is 11. The van der Waals surface area contributed by atoms with Gasteiger partial charge in [-0.15, -0.1) is 0 Å². The van der Waals surface area contributed by atoms with Crippen molar-refractivity contribution in [2.24, 2.45) is 0 Å². The Hall–Kier alpha value is -5.72. The fourth-order valence-electron chi connectivity index (χ4n) is 5.36. The number of imide groups is 1. The third-order valence-electron chi connectivity index (χ3n) is 7.66. The molecule has 4 aromatic rings. The monoisotopic (exact) mass is 907 g/mol. The molecule has 0 spiro atoms. The van der Waals surface area contributed by atoms with Crippen molar-refractivity contribution in [2.75, 3.05) is 11.5 Å². The Morgan fingerprint density at radius 3 is 1.97 bits per heavy atom. The number of allylic oxidation sites excluding steroid dienone is 3. The minimum atomic E-state index is -2.80. The molecular weight excluding hydrogens is 862 g/mol. The predicted octanol–water partition coefficient (Wildman–Crippen LogP) is 11.1. The molecule has 0 saturated carbocycles. The van der Waals surface area contributed by atoms with Gasteiger partial charge in [-0.25, -0.2) is 46.2 Å². The fraction of sp³-hybridized carbons (Fsp3) is 0.415. The molecule has 3 heterocycles. The first-order valence-corrected chi connectivity index (χ1v) is 19.1. The molecule has 1 aromatic carbocycles. The summed E-state index contributed by atoms with van der Waals surface area (Å²) in [7, 11) is 0. The predicted molar refractivity (Wildman–Crippen MR) is 217 cm³/mol. The summed E-state index contributed by atoms with van der Waals surface area (Å²) >= 11 is 3.29. The van der Waals surface area contributed by atoms with E-state index < -0.39 is 82.7 Å². The molecule has 0 aliphatic rings. The molecule has 19 heteroatoms. The maximum atomic E-state index is 15.0. The summed E-state index contributed by atoms with van der Waals surface area (Å²) in [6.45, 7) is 17.0. The van der Waals surface area contributed by atoms with Crippen LogP contribution in [-0.4, -0.2) is 73.2 Å². The molecule has 0 aliphatic carbocycles. The molecule has 60 heavy (non-hydrogen) atoms. The lowest BCUT2D eigenvalue weighted by Crippen LogP contribution is -2.45. The average molecular weight is 909 g/mol. The topological polar surface area (TPSA) is 153 Å². The maximum Gasteiger partial charge on any atom is 0.425 e. The van der Waals surface area contributed by atoms with Crippen molar-refractivity contribution in [3.8, 4) is 17.3 Å². The lowest BCUT2D eigenvalue weighted by Gasteiger charge is -2.29. The number of carbonyl (C=O) groups excluding carboxylic acids is 4. The third kappa shape index (κ3) is 11.3. The van der Waals surface area contributed by atoms with E-state index in [1.807, 2.05) is 0 Å². The highest BCUT2D eigenvalue weighted by atomic mass is 79.9. The smallest absolute Gasteiger partial charge is 0.425 e. The van der Waals surface area contributed by atoms with Gasteiger partial charge in [0.15, 0.2) is 17.4 Å². The zero-order valence-electron chi connectivity index (χ0n) is 35.1. The van der Waals surface area contributed by atoms with E-state index in [4.69, 9.17) is 23.7 Å². The number of ketones is 1. The van der Waals surface area contributed by atoms with Gasteiger partial charge in [0, 0.05) is 11.5 Å². The second kappa shape index (κ2) is 17.9. The number of benzene rings is 1. The average Bonchev–Trinajstić information content (AvgIpc) is 3.68. The highest BCUT2D eigenvalue weighted by Crippen LogP contribution is 2.37. The Labute approximate surface area is 352 Å². The van der Waals surface area contributed by atoms with Crippen LogP contribution >= 0.6 is 15.9 Å². The van der Waals surface area contributed by atoms with Crippen molar-refractivity contribution in [1.82, 2.24) is 19.3 Å². The minimum absolute atomic E-state index is 0.0224. The van der Waals surface area contributed by atoms with Gasteiger partial charge >= 0.3 is 18.3 Å². The van der Waals surface area contributed by atoms with Crippen LogP contribution in [0.25, 0.3) is 16.6 Å². The number of rotatable bonds is 10. The highest BCUT2D eigenvalue weighted by Gasteiger charge is 2.40. The van der Waals surface area contributed by atoms with Crippen LogP contribution in [0.5, 0.6) is 11.6 Å². The van der Waals surface area contributed by atoms with Crippen molar-refractivity contribution in [3.05, 3.63) is 81.4 Å². The van der Waals surface area contributed by atoms with E-state index in [1.54, 1.807) is 62.3 Å². The number of ether oxygens (including phenoxy) is 5. The minimum Gasteiger partial charge on any atom is -0.486 e. The number of amides is 2. The highest BCUT2D eigenvalue weighted by molar-refractivity contribution is 9.10. The fourth-order valence-corrected chi connectivity index (χ4v) is 5.80. The van der Waals surface area contributed by atoms with Gasteiger partial charge in [0.2, 0.25) is 11.7 Å². The van der Waals surface area contributed by atoms with Crippen LogP contribution in [0.1, 0.15) is 97.8 Å². The van der Waals surface area contributed by atoms with Crippen LogP contribution in [-0.2, 0) is 14.2 Å². The van der Waals surface area contributed by atoms with E-state index >= 15 is 4.79 Å². The molecule has 0 atom stereocenters. The maximum absolute atomic E-state index is 15.0. The number of alkyl halides is 2. The van der Waals surface area contributed by atoms with Gasteiger partial charge in [0.1, 0.15) is 40.7 Å². The number of aromatic nitrogens is 4. The first-order valence-electron chi connectivity index (χ1n) is 18.3. The van der Waals surface area contributed by atoms with Gasteiger partial charge in [0.05, 0.1) is 33.6 Å². The van der Waals surface area contributed by atoms with E-state index in [9.17, 15) is 31.9 Å². The number of anilines is 1. The number of carbonyl (C=O) groups is 4.